The van der Waals surface area contributed by atoms with Gasteiger partial charge in [0.25, 0.3) is 5.91 Å². The normalized spacial score (nSPS) is 16.0. The van der Waals surface area contributed by atoms with Gasteiger partial charge in [-0.3, -0.25) is 24.3 Å². The second-order valence-electron chi connectivity index (χ2n) is 6.43. The average molecular weight is 328 g/mol. The number of rotatable bonds is 5. The summed E-state index contributed by atoms with van der Waals surface area (Å²) in [4.78, 5) is 21.1. The summed E-state index contributed by atoms with van der Waals surface area (Å²) in [6, 6.07) is 7.74. The second-order valence-corrected chi connectivity index (χ2v) is 6.43. The highest BCUT2D eigenvalue weighted by Crippen LogP contribution is 2.15. The molecule has 7 nitrogen and oxygen atoms in total. The van der Waals surface area contributed by atoms with E-state index in [-0.39, 0.29) is 11.9 Å². The van der Waals surface area contributed by atoms with Crippen LogP contribution >= 0.6 is 0 Å². The highest BCUT2D eigenvalue weighted by Gasteiger charge is 2.21. The summed E-state index contributed by atoms with van der Waals surface area (Å²) in [5.74, 6) is -0.137. The molecule has 3 rings (SSSR count). The van der Waals surface area contributed by atoms with Crippen LogP contribution in [-0.2, 0) is 13.1 Å². The zero-order valence-electron chi connectivity index (χ0n) is 14.4. The Morgan fingerprint density at radius 1 is 1.38 bits per heavy atom. The minimum Gasteiger partial charge on any atom is -0.349 e. The summed E-state index contributed by atoms with van der Waals surface area (Å²) in [7, 11) is 6.04. The molecule has 0 saturated carbocycles. The minimum atomic E-state index is -0.137. The summed E-state index contributed by atoms with van der Waals surface area (Å²) in [5, 5.41) is 7.42. The first-order valence-corrected chi connectivity index (χ1v) is 8.15. The quantitative estimate of drug-likeness (QED) is 0.878. The molecule has 1 amide bonds. The fourth-order valence-corrected chi connectivity index (χ4v) is 2.91. The van der Waals surface area contributed by atoms with Crippen LogP contribution in [0.3, 0.4) is 0 Å². The highest BCUT2D eigenvalue weighted by atomic mass is 16.1. The molecular weight excluding hydrogens is 304 g/mol. The van der Waals surface area contributed by atoms with Gasteiger partial charge in [-0.15, -0.1) is 0 Å². The molecule has 0 radical (unpaired) electrons. The van der Waals surface area contributed by atoms with Crippen molar-refractivity contribution in [1.82, 2.24) is 29.9 Å². The van der Waals surface area contributed by atoms with E-state index in [0.717, 1.165) is 31.0 Å². The van der Waals surface area contributed by atoms with Crippen molar-refractivity contribution in [2.75, 3.05) is 34.2 Å². The monoisotopic (exact) mass is 328 g/mol. The molecule has 2 aromatic rings. The third-order valence-corrected chi connectivity index (χ3v) is 4.33. The van der Waals surface area contributed by atoms with Gasteiger partial charge < -0.3 is 5.32 Å². The Morgan fingerprint density at radius 2 is 2.21 bits per heavy atom. The van der Waals surface area contributed by atoms with E-state index in [4.69, 9.17) is 0 Å². The molecule has 1 aliphatic rings. The van der Waals surface area contributed by atoms with Crippen LogP contribution in [-0.4, -0.2) is 64.7 Å². The van der Waals surface area contributed by atoms with E-state index in [1.807, 2.05) is 43.0 Å². The zero-order valence-corrected chi connectivity index (χ0v) is 14.4. The summed E-state index contributed by atoms with van der Waals surface area (Å²) >= 11 is 0. The topological polar surface area (TPSA) is 66.3 Å². The molecule has 1 aliphatic heterocycles. The number of hydrogen-bond donors (Lipinski definition) is 1. The van der Waals surface area contributed by atoms with E-state index in [0.29, 0.717) is 12.2 Å². The largest absolute Gasteiger partial charge is 0.349 e. The molecule has 7 heteroatoms. The first-order valence-electron chi connectivity index (χ1n) is 8.15. The second kappa shape index (κ2) is 7.11. The molecule has 1 atom stereocenters. The van der Waals surface area contributed by atoms with Gasteiger partial charge in [0, 0.05) is 25.8 Å². The number of amides is 1. The van der Waals surface area contributed by atoms with E-state index >= 15 is 0 Å². The number of carbonyl (C=O) groups excluding carboxylic acids is 1. The number of fused-ring (bicyclic) bond motifs is 1. The number of pyridine rings is 1. The van der Waals surface area contributed by atoms with Gasteiger partial charge in [0.2, 0.25) is 0 Å². The Morgan fingerprint density at radius 3 is 2.92 bits per heavy atom. The zero-order chi connectivity index (χ0) is 17.1. The molecule has 2 aromatic heterocycles. The number of aromatic nitrogens is 3. The van der Waals surface area contributed by atoms with Gasteiger partial charge in [-0.1, -0.05) is 6.07 Å². The van der Waals surface area contributed by atoms with Crippen LogP contribution in [0, 0.1) is 0 Å². The van der Waals surface area contributed by atoms with Gasteiger partial charge in [-0.05, 0) is 39.3 Å². The maximum atomic E-state index is 12.5. The van der Waals surface area contributed by atoms with Crippen molar-refractivity contribution in [1.29, 1.82) is 0 Å². The lowest BCUT2D eigenvalue weighted by Crippen LogP contribution is -2.35. The average Bonchev–Trinajstić information content (AvgIpc) is 2.98. The van der Waals surface area contributed by atoms with Crippen molar-refractivity contribution in [3.8, 4) is 0 Å². The Hall–Kier alpha value is -2.25. The summed E-state index contributed by atoms with van der Waals surface area (Å²) in [6.07, 6.45) is 1.77. The molecule has 3 heterocycles. The van der Waals surface area contributed by atoms with Crippen molar-refractivity contribution in [2.45, 2.75) is 19.1 Å². The first kappa shape index (κ1) is 16.6. The first-order chi connectivity index (χ1) is 11.5. The fraction of sp³-hybridized carbons (Fsp3) is 0.471. The van der Waals surface area contributed by atoms with Crippen LogP contribution in [0.5, 0.6) is 0 Å². The number of hydrogen-bond acceptors (Lipinski definition) is 5. The molecule has 1 N–H and O–H groups in total. The van der Waals surface area contributed by atoms with Crippen molar-refractivity contribution in [2.24, 2.45) is 0 Å². The van der Waals surface area contributed by atoms with Gasteiger partial charge in [0.15, 0.2) is 0 Å². The standard InChI is InChI=1S/C17H24N6O/c1-21(2)16(14-6-4-5-7-18-14)11-19-17(24)15-10-13-12-22(3)8-9-23(13)20-15/h4-7,10,16H,8-9,11-12H2,1-3H3,(H,19,24)/t16-/m0/s1. The van der Waals surface area contributed by atoms with Crippen LogP contribution in [0.1, 0.15) is 27.9 Å². The fourth-order valence-electron chi connectivity index (χ4n) is 2.91. The van der Waals surface area contributed by atoms with Crippen LogP contribution < -0.4 is 5.32 Å². The van der Waals surface area contributed by atoms with E-state index < -0.39 is 0 Å². The van der Waals surface area contributed by atoms with Gasteiger partial charge in [-0.2, -0.15) is 5.10 Å². The number of nitrogens with zero attached hydrogens (tertiary/aromatic N) is 5. The van der Waals surface area contributed by atoms with Crippen LogP contribution in [0.2, 0.25) is 0 Å². The van der Waals surface area contributed by atoms with Crippen LogP contribution in [0.4, 0.5) is 0 Å². The lowest BCUT2D eigenvalue weighted by molar-refractivity contribution is 0.0935. The lowest BCUT2D eigenvalue weighted by Gasteiger charge is -2.23. The van der Waals surface area contributed by atoms with Crippen molar-refractivity contribution < 1.29 is 4.79 Å². The summed E-state index contributed by atoms with van der Waals surface area (Å²) in [5.41, 5.74) is 2.51. The Balaban J connectivity index is 1.66. The third kappa shape index (κ3) is 3.63. The number of nitrogens with one attached hydrogen (secondary N) is 1. The molecule has 0 saturated heterocycles. The van der Waals surface area contributed by atoms with Crippen LogP contribution in [0.25, 0.3) is 0 Å². The Bertz CT molecular complexity index is 696. The molecule has 0 unspecified atom stereocenters. The van der Waals surface area contributed by atoms with E-state index in [1.54, 1.807) is 6.20 Å². The SMILES string of the molecule is CN1CCn2nc(C(=O)NC[C@@H](c3ccccn3)N(C)C)cc2C1. The molecule has 0 spiro atoms. The van der Waals surface area contributed by atoms with Gasteiger partial charge in [0.1, 0.15) is 5.69 Å². The molecular formula is C17H24N6O. The van der Waals surface area contributed by atoms with Crippen molar-refractivity contribution >= 4 is 5.91 Å². The number of likely N-dealkylation sites (N-methyl/N-ethyl adjacent to an activating group) is 2. The van der Waals surface area contributed by atoms with E-state index in [9.17, 15) is 4.79 Å². The summed E-state index contributed by atoms with van der Waals surface area (Å²) in [6.45, 7) is 3.10. The van der Waals surface area contributed by atoms with Crippen molar-refractivity contribution in [3.63, 3.8) is 0 Å². The predicted molar refractivity (Wildman–Crippen MR) is 91.6 cm³/mol. The van der Waals surface area contributed by atoms with E-state index in [2.05, 4.69) is 32.2 Å². The molecule has 24 heavy (non-hydrogen) atoms. The summed E-state index contributed by atoms with van der Waals surface area (Å²) < 4.78 is 1.93. The molecule has 0 aromatic carbocycles. The lowest BCUT2D eigenvalue weighted by atomic mass is 10.1. The highest BCUT2D eigenvalue weighted by molar-refractivity contribution is 5.92. The Kier molecular flexibility index (Phi) is 4.92. The molecule has 0 bridgehead atoms. The minimum absolute atomic E-state index is 0.0264. The van der Waals surface area contributed by atoms with Gasteiger partial charge >= 0.3 is 0 Å². The number of carbonyl (C=O) groups is 1. The van der Waals surface area contributed by atoms with Gasteiger partial charge in [0.05, 0.1) is 24.0 Å². The predicted octanol–water partition coefficient (Wildman–Crippen LogP) is 0.756. The third-order valence-electron chi connectivity index (χ3n) is 4.33. The smallest absolute Gasteiger partial charge is 0.271 e. The maximum absolute atomic E-state index is 12.5. The van der Waals surface area contributed by atoms with E-state index in [1.165, 1.54) is 0 Å². The van der Waals surface area contributed by atoms with Crippen molar-refractivity contribution in [3.05, 3.63) is 47.5 Å². The van der Waals surface area contributed by atoms with Crippen LogP contribution in [0.15, 0.2) is 30.5 Å². The molecule has 0 fully saturated rings. The maximum Gasteiger partial charge on any atom is 0.271 e. The molecule has 0 aliphatic carbocycles. The Labute approximate surface area is 142 Å². The molecule has 128 valence electrons. The van der Waals surface area contributed by atoms with Gasteiger partial charge in [-0.25, -0.2) is 0 Å².